The summed E-state index contributed by atoms with van der Waals surface area (Å²) in [6, 6.07) is 25.8. The van der Waals surface area contributed by atoms with Crippen molar-refractivity contribution in [2.45, 2.75) is 18.8 Å². The third-order valence-electron chi connectivity index (χ3n) is 4.38. The molecular formula is C20H21N. The van der Waals surface area contributed by atoms with Crippen molar-refractivity contribution in [3.63, 3.8) is 0 Å². The lowest BCUT2D eigenvalue weighted by Crippen LogP contribution is -2.18. The summed E-state index contributed by atoms with van der Waals surface area (Å²) in [5, 5.41) is 2.57. The van der Waals surface area contributed by atoms with Gasteiger partial charge in [-0.1, -0.05) is 79.7 Å². The molecule has 3 rings (SSSR count). The monoisotopic (exact) mass is 275 g/mol. The molecule has 106 valence electrons. The van der Waals surface area contributed by atoms with Crippen LogP contribution in [0.1, 0.15) is 29.9 Å². The minimum absolute atomic E-state index is 0.344. The van der Waals surface area contributed by atoms with Gasteiger partial charge in [0.2, 0.25) is 0 Å². The van der Waals surface area contributed by atoms with E-state index in [1.165, 1.54) is 21.9 Å². The molecule has 0 radical (unpaired) electrons. The van der Waals surface area contributed by atoms with Crippen LogP contribution in [0, 0.1) is 0 Å². The third-order valence-corrected chi connectivity index (χ3v) is 4.38. The minimum atomic E-state index is 0.344. The number of fused-ring (bicyclic) bond motifs is 1. The molecule has 3 aromatic carbocycles. The van der Waals surface area contributed by atoms with E-state index in [9.17, 15) is 0 Å². The van der Waals surface area contributed by atoms with Crippen LogP contribution < -0.4 is 5.73 Å². The Labute approximate surface area is 126 Å². The van der Waals surface area contributed by atoms with Crippen molar-refractivity contribution >= 4 is 10.8 Å². The summed E-state index contributed by atoms with van der Waals surface area (Å²) in [5.41, 5.74) is 8.76. The van der Waals surface area contributed by atoms with E-state index >= 15 is 0 Å². The van der Waals surface area contributed by atoms with Crippen LogP contribution >= 0.6 is 0 Å². The maximum Gasteiger partial charge on any atom is 0.00275 e. The van der Waals surface area contributed by atoms with Crippen molar-refractivity contribution in [3.8, 4) is 0 Å². The first-order chi connectivity index (χ1) is 10.3. The predicted molar refractivity (Wildman–Crippen MR) is 90.6 cm³/mol. The molecule has 0 heterocycles. The second kappa shape index (κ2) is 6.11. The Morgan fingerprint density at radius 2 is 1.43 bits per heavy atom. The standard InChI is InChI=1S/C20H21N/c1-15(16-7-3-2-4-8-16)20(14-21)19-12-11-17-9-5-6-10-18(17)13-19/h2-13,15,20H,14,21H2,1H3. The zero-order valence-corrected chi connectivity index (χ0v) is 12.4. The van der Waals surface area contributed by atoms with E-state index in [4.69, 9.17) is 5.73 Å². The number of hydrogen-bond acceptors (Lipinski definition) is 1. The van der Waals surface area contributed by atoms with Crippen LogP contribution in [0.15, 0.2) is 72.8 Å². The maximum atomic E-state index is 6.09. The largest absolute Gasteiger partial charge is 0.330 e. The number of rotatable bonds is 4. The Hall–Kier alpha value is -2.12. The molecule has 2 atom stereocenters. The lowest BCUT2D eigenvalue weighted by molar-refractivity contribution is 0.585. The highest BCUT2D eigenvalue weighted by Gasteiger charge is 2.19. The molecule has 2 N–H and O–H groups in total. The second-order valence-electron chi connectivity index (χ2n) is 5.65. The molecule has 1 nitrogen and oxygen atoms in total. The Bertz CT molecular complexity index is 718. The van der Waals surface area contributed by atoms with E-state index in [0.717, 1.165) is 0 Å². The first-order valence-electron chi connectivity index (χ1n) is 7.53. The first-order valence-corrected chi connectivity index (χ1v) is 7.53. The lowest BCUT2D eigenvalue weighted by atomic mass is 9.82. The molecule has 2 unspecified atom stereocenters. The average Bonchev–Trinajstić information content (AvgIpc) is 2.56. The molecular weight excluding hydrogens is 254 g/mol. The van der Waals surface area contributed by atoms with Gasteiger partial charge in [-0.2, -0.15) is 0 Å². The Balaban J connectivity index is 1.98. The number of benzene rings is 3. The van der Waals surface area contributed by atoms with E-state index in [-0.39, 0.29) is 0 Å². The highest BCUT2D eigenvalue weighted by atomic mass is 14.6. The zero-order chi connectivity index (χ0) is 14.7. The van der Waals surface area contributed by atoms with Gasteiger partial charge in [0, 0.05) is 5.92 Å². The fourth-order valence-electron chi connectivity index (χ4n) is 3.06. The van der Waals surface area contributed by atoms with Gasteiger partial charge in [0.1, 0.15) is 0 Å². The molecule has 21 heavy (non-hydrogen) atoms. The van der Waals surface area contributed by atoms with Crippen molar-refractivity contribution in [1.82, 2.24) is 0 Å². The van der Waals surface area contributed by atoms with Crippen molar-refractivity contribution < 1.29 is 0 Å². The Morgan fingerprint density at radius 3 is 2.14 bits per heavy atom. The fourth-order valence-corrected chi connectivity index (χ4v) is 3.06. The van der Waals surface area contributed by atoms with Crippen LogP contribution in [0.4, 0.5) is 0 Å². The molecule has 0 saturated heterocycles. The minimum Gasteiger partial charge on any atom is -0.330 e. The van der Waals surface area contributed by atoms with Gasteiger partial charge in [0.25, 0.3) is 0 Å². The van der Waals surface area contributed by atoms with E-state index in [2.05, 4.69) is 79.7 Å². The molecule has 0 aromatic heterocycles. The predicted octanol–water partition coefficient (Wildman–Crippen LogP) is 4.69. The zero-order valence-electron chi connectivity index (χ0n) is 12.4. The van der Waals surface area contributed by atoms with E-state index in [1.807, 2.05) is 0 Å². The molecule has 1 heteroatoms. The SMILES string of the molecule is CC(c1ccccc1)C(CN)c1ccc2ccccc2c1. The first kappa shape index (κ1) is 13.8. The highest BCUT2D eigenvalue weighted by molar-refractivity contribution is 5.83. The van der Waals surface area contributed by atoms with Gasteiger partial charge in [-0.25, -0.2) is 0 Å². The average molecular weight is 275 g/mol. The normalized spacial score (nSPS) is 14.0. The molecule has 3 aromatic rings. The van der Waals surface area contributed by atoms with E-state index < -0.39 is 0 Å². The van der Waals surface area contributed by atoms with Gasteiger partial charge in [-0.05, 0) is 34.4 Å². The van der Waals surface area contributed by atoms with E-state index in [1.54, 1.807) is 0 Å². The van der Waals surface area contributed by atoms with Crippen LogP contribution in [0.5, 0.6) is 0 Å². The van der Waals surface area contributed by atoms with Crippen LogP contribution in [0.3, 0.4) is 0 Å². The third kappa shape index (κ3) is 2.84. The summed E-state index contributed by atoms with van der Waals surface area (Å²) >= 11 is 0. The lowest BCUT2D eigenvalue weighted by Gasteiger charge is -2.24. The number of hydrogen-bond donors (Lipinski definition) is 1. The summed E-state index contributed by atoms with van der Waals surface area (Å²) in [7, 11) is 0. The van der Waals surface area contributed by atoms with Crippen molar-refractivity contribution in [2.24, 2.45) is 5.73 Å². The maximum absolute atomic E-state index is 6.09. The summed E-state index contributed by atoms with van der Waals surface area (Å²) in [6.45, 7) is 2.93. The van der Waals surface area contributed by atoms with E-state index in [0.29, 0.717) is 18.4 Å². The van der Waals surface area contributed by atoms with Crippen LogP contribution in [0.25, 0.3) is 10.8 Å². The Kier molecular flexibility index (Phi) is 4.03. The van der Waals surface area contributed by atoms with Crippen LogP contribution in [-0.4, -0.2) is 6.54 Å². The topological polar surface area (TPSA) is 26.0 Å². The van der Waals surface area contributed by atoms with Gasteiger partial charge >= 0.3 is 0 Å². The number of nitrogens with two attached hydrogens (primary N) is 1. The molecule has 0 aliphatic rings. The summed E-state index contributed by atoms with van der Waals surface area (Å²) in [4.78, 5) is 0. The quantitative estimate of drug-likeness (QED) is 0.734. The summed E-state index contributed by atoms with van der Waals surface area (Å²) in [5.74, 6) is 0.759. The van der Waals surface area contributed by atoms with Gasteiger partial charge in [-0.3, -0.25) is 0 Å². The summed E-state index contributed by atoms with van der Waals surface area (Å²) in [6.07, 6.45) is 0. The molecule has 0 bridgehead atoms. The van der Waals surface area contributed by atoms with Gasteiger partial charge in [0.05, 0.1) is 0 Å². The van der Waals surface area contributed by atoms with Crippen molar-refractivity contribution in [2.75, 3.05) is 6.54 Å². The molecule has 0 aliphatic heterocycles. The summed E-state index contributed by atoms with van der Waals surface area (Å²) < 4.78 is 0. The second-order valence-corrected chi connectivity index (χ2v) is 5.65. The fraction of sp³-hybridized carbons (Fsp3) is 0.200. The van der Waals surface area contributed by atoms with Gasteiger partial charge in [-0.15, -0.1) is 0 Å². The Morgan fingerprint density at radius 1 is 0.762 bits per heavy atom. The van der Waals surface area contributed by atoms with Crippen LogP contribution in [-0.2, 0) is 0 Å². The molecule has 0 spiro atoms. The van der Waals surface area contributed by atoms with Crippen molar-refractivity contribution in [1.29, 1.82) is 0 Å². The van der Waals surface area contributed by atoms with Crippen LogP contribution in [0.2, 0.25) is 0 Å². The molecule has 0 aliphatic carbocycles. The molecule has 0 fully saturated rings. The molecule has 0 amide bonds. The smallest absolute Gasteiger partial charge is 0.00275 e. The van der Waals surface area contributed by atoms with Gasteiger partial charge < -0.3 is 5.73 Å². The van der Waals surface area contributed by atoms with Crippen molar-refractivity contribution in [3.05, 3.63) is 83.9 Å². The molecule has 0 saturated carbocycles. The highest BCUT2D eigenvalue weighted by Crippen LogP contribution is 2.33. The van der Waals surface area contributed by atoms with Gasteiger partial charge in [0.15, 0.2) is 0 Å².